The molecule has 0 amide bonds. The second-order valence-electron chi connectivity index (χ2n) is 4.75. The average molecular weight is 395 g/mol. The average Bonchev–Trinajstić information content (AvgIpc) is 2.49. The summed E-state index contributed by atoms with van der Waals surface area (Å²) in [6, 6.07) is 17.1. The lowest BCUT2D eigenvalue weighted by Gasteiger charge is -2.10. The van der Waals surface area contributed by atoms with Crippen LogP contribution in [0.2, 0.25) is 0 Å². The van der Waals surface area contributed by atoms with Gasteiger partial charge in [-0.3, -0.25) is 4.99 Å². The Balaban J connectivity index is 0.00000220. The number of rotatable bonds is 3. The van der Waals surface area contributed by atoms with Crippen molar-refractivity contribution in [3.63, 3.8) is 0 Å². The van der Waals surface area contributed by atoms with Gasteiger partial charge in [-0.05, 0) is 29.7 Å². The van der Waals surface area contributed by atoms with Crippen LogP contribution in [-0.2, 0) is 6.54 Å². The van der Waals surface area contributed by atoms with Crippen LogP contribution in [0.5, 0.6) is 0 Å². The minimum absolute atomic E-state index is 0. The van der Waals surface area contributed by atoms with Gasteiger partial charge in [0.2, 0.25) is 0 Å². The van der Waals surface area contributed by atoms with E-state index >= 15 is 0 Å². The number of nitrogens with zero attached hydrogens (tertiary/aromatic N) is 1. The Morgan fingerprint density at radius 2 is 1.71 bits per heavy atom. The van der Waals surface area contributed by atoms with Crippen LogP contribution in [0.15, 0.2) is 53.5 Å². The molecule has 0 aromatic heterocycles. The predicted molar refractivity (Wildman–Crippen MR) is 101 cm³/mol. The molecule has 0 spiro atoms. The van der Waals surface area contributed by atoms with E-state index in [1.165, 1.54) is 22.3 Å². The highest BCUT2D eigenvalue weighted by molar-refractivity contribution is 14.0. The fourth-order valence-electron chi connectivity index (χ4n) is 2.15. The van der Waals surface area contributed by atoms with Crippen molar-refractivity contribution in [2.45, 2.75) is 13.5 Å². The molecule has 0 aliphatic carbocycles. The van der Waals surface area contributed by atoms with Crippen molar-refractivity contribution in [2.75, 3.05) is 14.1 Å². The van der Waals surface area contributed by atoms with Crippen LogP contribution in [0.3, 0.4) is 0 Å². The number of hydrogen-bond acceptors (Lipinski definition) is 1. The van der Waals surface area contributed by atoms with E-state index in [0.29, 0.717) is 0 Å². The molecular weight excluding hydrogens is 373 g/mol. The Morgan fingerprint density at radius 1 is 1.05 bits per heavy atom. The van der Waals surface area contributed by atoms with E-state index in [0.717, 1.165) is 12.5 Å². The van der Waals surface area contributed by atoms with Crippen molar-refractivity contribution >= 4 is 29.9 Å². The van der Waals surface area contributed by atoms with Crippen molar-refractivity contribution in [1.29, 1.82) is 0 Å². The summed E-state index contributed by atoms with van der Waals surface area (Å²) in [6.07, 6.45) is 0. The molecule has 21 heavy (non-hydrogen) atoms. The van der Waals surface area contributed by atoms with E-state index in [1.807, 2.05) is 7.05 Å². The van der Waals surface area contributed by atoms with Crippen LogP contribution < -0.4 is 10.6 Å². The van der Waals surface area contributed by atoms with Crippen LogP contribution in [0.4, 0.5) is 0 Å². The monoisotopic (exact) mass is 395 g/mol. The smallest absolute Gasteiger partial charge is 0.190 e. The lowest BCUT2D eigenvalue weighted by atomic mass is 10.0. The molecule has 0 bridgehead atoms. The first-order valence-electron chi connectivity index (χ1n) is 6.77. The molecule has 2 aromatic rings. The van der Waals surface area contributed by atoms with E-state index in [4.69, 9.17) is 0 Å². The van der Waals surface area contributed by atoms with Gasteiger partial charge in [0.25, 0.3) is 0 Å². The Labute approximate surface area is 143 Å². The van der Waals surface area contributed by atoms with Crippen molar-refractivity contribution < 1.29 is 0 Å². The van der Waals surface area contributed by atoms with Crippen molar-refractivity contribution in [2.24, 2.45) is 4.99 Å². The minimum Gasteiger partial charge on any atom is -0.359 e. The van der Waals surface area contributed by atoms with Gasteiger partial charge in [0.05, 0.1) is 0 Å². The SMILES string of the molecule is CN=C(NC)NCc1cccc(-c2cccc(C)c2)c1.I. The summed E-state index contributed by atoms with van der Waals surface area (Å²) < 4.78 is 0. The Hall–Kier alpha value is -1.56. The summed E-state index contributed by atoms with van der Waals surface area (Å²) >= 11 is 0. The van der Waals surface area contributed by atoms with E-state index in [1.54, 1.807) is 7.05 Å². The zero-order valence-electron chi connectivity index (χ0n) is 12.7. The van der Waals surface area contributed by atoms with Gasteiger partial charge in [0.1, 0.15) is 0 Å². The Bertz CT molecular complexity index is 608. The molecule has 4 heteroatoms. The summed E-state index contributed by atoms with van der Waals surface area (Å²) in [6.45, 7) is 2.87. The van der Waals surface area contributed by atoms with Gasteiger partial charge in [-0.1, -0.05) is 48.0 Å². The van der Waals surface area contributed by atoms with Crippen LogP contribution in [0, 0.1) is 6.92 Å². The number of aryl methyl sites for hydroxylation is 1. The zero-order chi connectivity index (χ0) is 14.4. The molecule has 0 radical (unpaired) electrons. The summed E-state index contributed by atoms with van der Waals surface area (Å²) in [5.41, 5.74) is 5.01. The highest BCUT2D eigenvalue weighted by Gasteiger charge is 2.00. The minimum atomic E-state index is 0. The molecule has 3 nitrogen and oxygen atoms in total. The second kappa shape index (κ2) is 8.67. The van der Waals surface area contributed by atoms with Crippen LogP contribution in [0.1, 0.15) is 11.1 Å². The van der Waals surface area contributed by atoms with Crippen LogP contribution in [-0.4, -0.2) is 20.1 Å². The molecule has 0 unspecified atom stereocenters. The van der Waals surface area contributed by atoms with E-state index in [2.05, 4.69) is 71.1 Å². The highest BCUT2D eigenvalue weighted by Crippen LogP contribution is 2.21. The number of guanidine groups is 1. The first-order chi connectivity index (χ1) is 9.72. The molecule has 112 valence electrons. The zero-order valence-corrected chi connectivity index (χ0v) is 15.0. The normalized spacial score (nSPS) is 10.7. The Kier molecular flexibility index (Phi) is 7.22. The quantitative estimate of drug-likeness (QED) is 0.474. The molecule has 0 saturated carbocycles. The third-order valence-electron chi connectivity index (χ3n) is 3.20. The molecule has 0 heterocycles. The molecule has 0 atom stereocenters. The number of halogens is 1. The van der Waals surface area contributed by atoms with Gasteiger partial charge < -0.3 is 10.6 Å². The van der Waals surface area contributed by atoms with Gasteiger partial charge in [-0.2, -0.15) is 0 Å². The maximum Gasteiger partial charge on any atom is 0.190 e. The van der Waals surface area contributed by atoms with E-state index < -0.39 is 0 Å². The van der Waals surface area contributed by atoms with Crippen molar-refractivity contribution in [3.8, 4) is 11.1 Å². The second-order valence-corrected chi connectivity index (χ2v) is 4.75. The maximum absolute atomic E-state index is 4.11. The van der Waals surface area contributed by atoms with Crippen molar-refractivity contribution in [1.82, 2.24) is 10.6 Å². The molecular formula is C17H22IN3. The number of benzene rings is 2. The summed E-state index contributed by atoms with van der Waals surface area (Å²) in [7, 11) is 3.63. The molecule has 2 aromatic carbocycles. The highest BCUT2D eigenvalue weighted by atomic mass is 127. The topological polar surface area (TPSA) is 36.4 Å². The molecule has 0 aliphatic heterocycles. The molecule has 0 fully saturated rings. The third-order valence-corrected chi connectivity index (χ3v) is 3.20. The predicted octanol–water partition coefficient (Wildman–Crippen LogP) is 3.57. The van der Waals surface area contributed by atoms with Gasteiger partial charge in [0, 0.05) is 20.6 Å². The maximum atomic E-state index is 4.11. The fraction of sp³-hybridized carbons (Fsp3) is 0.235. The third kappa shape index (κ3) is 5.04. The largest absolute Gasteiger partial charge is 0.359 e. The van der Waals surface area contributed by atoms with E-state index in [-0.39, 0.29) is 24.0 Å². The molecule has 2 rings (SSSR count). The van der Waals surface area contributed by atoms with Gasteiger partial charge in [0.15, 0.2) is 5.96 Å². The van der Waals surface area contributed by atoms with Gasteiger partial charge in [-0.15, -0.1) is 24.0 Å². The van der Waals surface area contributed by atoms with E-state index in [9.17, 15) is 0 Å². The number of aliphatic imine (C=N–C) groups is 1. The molecule has 0 aliphatic rings. The summed E-state index contributed by atoms with van der Waals surface area (Å²) in [4.78, 5) is 4.11. The Morgan fingerprint density at radius 3 is 2.33 bits per heavy atom. The van der Waals surface area contributed by atoms with Gasteiger partial charge >= 0.3 is 0 Å². The number of nitrogens with one attached hydrogen (secondary N) is 2. The lowest BCUT2D eigenvalue weighted by Crippen LogP contribution is -2.34. The van der Waals surface area contributed by atoms with Crippen LogP contribution in [0.25, 0.3) is 11.1 Å². The fourth-order valence-corrected chi connectivity index (χ4v) is 2.15. The van der Waals surface area contributed by atoms with Gasteiger partial charge in [-0.25, -0.2) is 0 Å². The first-order valence-corrected chi connectivity index (χ1v) is 6.77. The number of hydrogen-bond donors (Lipinski definition) is 2. The summed E-state index contributed by atoms with van der Waals surface area (Å²) in [5, 5.41) is 6.28. The lowest BCUT2D eigenvalue weighted by molar-refractivity contribution is 0.866. The van der Waals surface area contributed by atoms with Crippen LogP contribution >= 0.6 is 24.0 Å². The first kappa shape index (κ1) is 17.5. The standard InChI is InChI=1S/C17H21N3.HI/c1-13-6-4-8-15(10-13)16-9-5-7-14(11-16)12-20-17(18-2)19-3;/h4-11H,12H2,1-3H3,(H2,18,19,20);1H. The summed E-state index contributed by atoms with van der Waals surface area (Å²) in [5.74, 6) is 0.797. The molecule has 0 saturated heterocycles. The molecule has 2 N–H and O–H groups in total. The van der Waals surface area contributed by atoms with Crippen molar-refractivity contribution in [3.05, 3.63) is 59.7 Å².